The van der Waals surface area contributed by atoms with Crippen LogP contribution in [0.2, 0.25) is 0 Å². The average molecular weight is 345 g/mol. The van der Waals surface area contributed by atoms with E-state index in [1.807, 2.05) is 30.3 Å². The van der Waals surface area contributed by atoms with E-state index in [1.165, 1.54) is 0 Å². The molecule has 6 heteroatoms. The maximum Gasteiger partial charge on any atom is 0.247 e. The Morgan fingerprint density at radius 3 is 2.76 bits per heavy atom. The lowest BCUT2D eigenvalue weighted by Gasteiger charge is -2.33. The van der Waals surface area contributed by atoms with Crippen molar-refractivity contribution in [1.29, 1.82) is 0 Å². The van der Waals surface area contributed by atoms with Crippen LogP contribution in [-0.4, -0.2) is 15.1 Å². The molecule has 0 saturated heterocycles. The minimum Gasteiger partial charge on any atom is -0.337 e. The van der Waals surface area contributed by atoms with Crippen LogP contribution >= 0.6 is 15.9 Å². The molecule has 2 aromatic heterocycles. The van der Waals surface area contributed by atoms with Crippen molar-refractivity contribution in [3.8, 4) is 11.5 Å². The summed E-state index contributed by atoms with van der Waals surface area (Å²) in [5.41, 5.74) is 7.34. The topological polar surface area (TPSA) is 77.8 Å². The fourth-order valence-electron chi connectivity index (χ4n) is 2.54. The van der Waals surface area contributed by atoms with Gasteiger partial charge < -0.3 is 10.3 Å². The SMILES string of the molecule is NC1(c2nc(-c3nc4ccccc4cc3Br)no2)CCC1. The van der Waals surface area contributed by atoms with Crippen molar-refractivity contribution < 1.29 is 4.52 Å². The Labute approximate surface area is 129 Å². The number of hydrogen-bond donors (Lipinski definition) is 1. The van der Waals surface area contributed by atoms with Crippen molar-refractivity contribution >= 4 is 26.8 Å². The number of para-hydroxylation sites is 1. The number of benzene rings is 1. The molecule has 2 heterocycles. The van der Waals surface area contributed by atoms with E-state index in [0.717, 1.165) is 34.6 Å². The number of rotatable bonds is 2. The summed E-state index contributed by atoms with van der Waals surface area (Å²) >= 11 is 3.53. The summed E-state index contributed by atoms with van der Waals surface area (Å²) in [4.78, 5) is 9.06. The lowest BCUT2D eigenvalue weighted by atomic mass is 9.78. The maximum absolute atomic E-state index is 6.22. The van der Waals surface area contributed by atoms with Gasteiger partial charge in [-0.1, -0.05) is 23.4 Å². The molecular weight excluding hydrogens is 332 g/mol. The molecule has 1 aliphatic carbocycles. The molecule has 0 spiro atoms. The van der Waals surface area contributed by atoms with E-state index < -0.39 is 5.54 Å². The molecule has 1 aromatic carbocycles. The van der Waals surface area contributed by atoms with E-state index in [2.05, 4.69) is 31.1 Å². The predicted octanol–water partition coefficient (Wildman–Crippen LogP) is 3.39. The number of nitrogens with two attached hydrogens (primary N) is 1. The second-order valence-electron chi connectivity index (χ2n) is 5.44. The van der Waals surface area contributed by atoms with Gasteiger partial charge >= 0.3 is 0 Å². The third-order valence-electron chi connectivity index (χ3n) is 3.99. The minimum absolute atomic E-state index is 0.450. The highest BCUT2D eigenvalue weighted by Crippen LogP contribution is 2.38. The van der Waals surface area contributed by atoms with E-state index in [-0.39, 0.29) is 0 Å². The lowest BCUT2D eigenvalue weighted by Crippen LogP contribution is -2.43. The zero-order valence-corrected chi connectivity index (χ0v) is 12.8. The van der Waals surface area contributed by atoms with Gasteiger partial charge in [0.05, 0.1) is 11.1 Å². The highest BCUT2D eigenvalue weighted by atomic mass is 79.9. The summed E-state index contributed by atoms with van der Waals surface area (Å²) in [6.45, 7) is 0. The third kappa shape index (κ3) is 2.06. The van der Waals surface area contributed by atoms with Crippen LogP contribution in [0.4, 0.5) is 0 Å². The van der Waals surface area contributed by atoms with E-state index in [0.29, 0.717) is 17.4 Å². The van der Waals surface area contributed by atoms with Crippen LogP contribution in [0.25, 0.3) is 22.4 Å². The zero-order chi connectivity index (χ0) is 14.4. The van der Waals surface area contributed by atoms with Gasteiger partial charge in [0.15, 0.2) is 0 Å². The summed E-state index contributed by atoms with van der Waals surface area (Å²) in [6, 6.07) is 9.93. The van der Waals surface area contributed by atoms with Gasteiger partial charge in [-0.2, -0.15) is 4.98 Å². The zero-order valence-electron chi connectivity index (χ0n) is 11.2. The van der Waals surface area contributed by atoms with Gasteiger partial charge in [0, 0.05) is 9.86 Å². The minimum atomic E-state index is -0.450. The van der Waals surface area contributed by atoms with Crippen molar-refractivity contribution in [2.24, 2.45) is 5.73 Å². The first-order valence-electron chi connectivity index (χ1n) is 6.84. The Morgan fingerprint density at radius 2 is 2.00 bits per heavy atom. The second-order valence-corrected chi connectivity index (χ2v) is 6.30. The molecule has 1 fully saturated rings. The van der Waals surface area contributed by atoms with Crippen LogP contribution in [0.15, 0.2) is 39.3 Å². The molecule has 5 nitrogen and oxygen atoms in total. The number of fused-ring (bicyclic) bond motifs is 1. The molecular formula is C15H13BrN4O. The number of pyridine rings is 1. The highest BCUT2D eigenvalue weighted by molar-refractivity contribution is 9.10. The molecule has 106 valence electrons. The maximum atomic E-state index is 6.22. The Bertz CT molecular complexity index is 825. The molecule has 1 aliphatic rings. The van der Waals surface area contributed by atoms with Crippen LogP contribution in [0, 0.1) is 0 Å². The normalized spacial score (nSPS) is 16.9. The smallest absolute Gasteiger partial charge is 0.247 e. The van der Waals surface area contributed by atoms with E-state index >= 15 is 0 Å². The third-order valence-corrected chi connectivity index (χ3v) is 4.59. The van der Waals surface area contributed by atoms with Gasteiger partial charge in [-0.3, -0.25) is 0 Å². The quantitative estimate of drug-likeness (QED) is 0.770. The van der Waals surface area contributed by atoms with Crippen LogP contribution in [0.5, 0.6) is 0 Å². The largest absolute Gasteiger partial charge is 0.337 e. The van der Waals surface area contributed by atoms with Crippen molar-refractivity contribution in [2.75, 3.05) is 0 Å². The lowest BCUT2D eigenvalue weighted by molar-refractivity contribution is 0.181. The molecule has 0 unspecified atom stereocenters. The Kier molecular flexibility index (Phi) is 2.83. The van der Waals surface area contributed by atoms with Gasteiger partial charge in [0.2, 0.25) is 11.7 Å². The van der Waals surface area contributed by atoms with Crippen molar-refractivity contribution in [3.63, 3.8) is 0 Å². The monoisotopic (exact) mass is 344 g/mol. The molecule has 3 aromatic rings. The van der Waals surface area contributed by atoms with Gasteiger partial charge in [-0.25, -0.2) is 4.98 Å². The van der Waals surface area contributed by atoms with Gasteiger partial charge in [0.1, 0.15) is 5.69 Å². The van der Waals surface area contributed by atoms with Gasteiger partial charge in [-0.05, 0) is 47.3 Å². The summed E-state index contributed by atoms with van der Waals surface area (Å²) in [7, 11) is 0. The molecule has 0 radical (unpaired) electrons. The van der Waals surface area contributed by atoms with Gasteiger partial charge in [-0.15, -0.1) is 0 Å². The van der Waals surface area contributed by atoms with E-state index in [4.69, 9.17) is 10.3 Å². The van der Waals surface area contributed by atoms with Crippen molar-refractivity contribution in [3.05, 3.63) is 40.7 Å². The molecule has 21 heavy (non-hydrogen) atoms. The number of aromatic nitrogens is 3. The number of hydrogen-bond acceptors (Lipinski definition) is 5. The standard InChI is InChI=1S/C15H13BrN4O/c16-10-8-9-4-1-2-5-11(9)18-12(10)13-19-14(21-20-13)15(17)6-3-7-15/h1-2,4-5,8H,3,6-7,17H2. The van der Waals surface area contributed by atoms with Crippen LogP contribution < -0.4 is 5.73 Å². The van der Waals surface area contributed by atoms with E-state index in [9.17, 15) is 0 Å². The fourth-order valence-corrected chi connectivity index (χ4v) is 3.05. The van der Waals surface area contributed by atoms with Crippen LogP contribution in [0.1, 0.15) is 25.2 Å². The molecule has 0 atom stereocenters. The van der Waals surface area contributed by atoms with Crippen molar-refractivity contribution in [2.45, 2.75) is 24.8 Å². The number of nitrogens with zero attached hydrogens (tertiary/aromatic N) is 3. The summed E-state index contributed by atoms with van der Waals surface area (Å²) in [6.07, 6.45) is 2.88. The molecule has 0 bridgehead atoms. The molecule has 1 saturated carbocycles. The highest BCUT2D eigenvalue weighted by Gasteiger charge is 2.40. The Hall–Kier alpha value is -1.79. The number of halogens is 1. The Balaban J connectivity index is 1.81. The first-order chi connectivity index (χ1) is 10.2. The summed E-state index contributed by atoms with van der Waals surface area (Å²) in [5, 5.41) is 5.10. The fraction of sp³-hybridized carbons (Fsp3) is 0.267. The molecule has 0 amide bonds. The predicted molar refractivity (Wildman–Crippen MR) is 82.5 cm³/mol. The second kappa shape index (κ2) is 4.61. The summed E-state index contributed by atoms with van der Waals surface area (Å²) < 4.78 is 6.19. The first-order valence-corrected chi connectivity index (χ1v) is 7.64. The summed E-state index contributed by atoms with van der Waals surface area (Å²) in [5.74, 6) is 0.977. The molecule has 2 N–H and O–H groups in total. The first kappa shape index (κ1) is 12.9. The Morgan fingerprint density at radius 1 is 1.19 bits per heavy atom. The van der Waals surface area contributed by atoms with Crippen LogP contribution in [-0.2, 0) is 5.54 Å². The molecule has 4 rings (SSSR count). The molecule has 0 aliphatic heterocycles. The van der Waals surface area contributed by atoms with Crippen molar-refractivity contribution in [1.82, 2.24) is 15.1 Å². The van der Waals surface area contributed by atoms with E-state index in [1.54, 1.807) is 0 Å². The van der Waals surface area contributed by atoms with Crippen LogP contribution in [0.3, 0.4) is 0 Å². The average Bonchev–Trinajstić information content (AvgIpc) is 2.94. The van der Waals surface area contributed by atoms with Gasteiger partial charge in [0.25, 0.3) is 0 Å².